The van der Waals surface area contributed by atoms with Gasteiger partial charge in [-0.2, -0.15) is 0 Å². The molecule has 146 valence electrons. The molecule has 0 bridgehead atoms. The molecule has 0 aliphatic carbocycles. The number of hydrogen-bond donors (Lipinski definition) is 3. The molecule has 0 saturated heterocycles. The molecule has 0 saturated carbocycles. The van der Waals surface area contributed by atoms with E-state index in [0.717, 1.165) is 7.11 Å². The van der Waals surface area contributed by atoms with Gasteiger partial charge < -0.3 is 25.8 Å². The van der Waals surface area contributed by atoms with Crippen LogP contribution in [0.5, 0.6) is 0 Å². The molecule has 2 aromatic rings. The summed E-state index contributed by atoms with van der Waals surface area (Å²) in [6.07, 6.45) is 0. The zero-order valence-corrected chi connectivity index (χ0v) is 15.6. The Balaban J connectivity index is 2.26. The van der Waals surface area contributed by atoms with Crippen LogP contribution in [0.25, 0.3) is 0 Å². The third-order valence-corrected chi connectivity index (χ3v) is 3.85. The van der Waals surface area contributed by atoms with Crippen molar-refractivity contribution in [2.45, 2.75) is 0 Å². The summed E-state index contributed by atoms with van der Waals surface area (Å²) in [7, 11) is 2.33. The van der Waals surface area contributed by atoms with Crippen molar-refractivity contribution in [1.82, 2.24) is 0 Å². The first-order valence-electron chi connectivity index (χ1n) is 7.74. The fourth-order valence-electron chi connectivity index (χ4n) is 2.17. The van der Waals surface area contributed by atoms with Crippen LogP contribution in [0.2, 0.25) is 5.02 Å². The third-order valence-electron chi connectivity index (χ3n) is 3.54. The Hall–Kier alpha value is -3.59. The van der Waals surface area contributed by atoms with Crippen molar-refractivity contribution >= 4 is 52.4 Å². The fraction of sp³-hybridized carbons (Fsp3) is 0.111. The van der Waals surface area contributed by atoms with Crippen molar-refractivity contribution in [2.75, 3.05) is 30.6 Å². The third kappa shape index (κ3) is 4.77. The lowest BCUT2D eigenvalue weighted by Gasteiger charge is -2.12. The molecule has 10 heteroatoms. The van der Waals surface area contributed by atoms with Gasteiger partial charge in [-0.1, -0.05) is 11.6 Å². The fourth-order valence-corrected chi connectivity index (χ4v) is 2.41. The van der Waals surface area contributed by atoms with Crippen molar-refractivity contribution < 1.29 is 28.7 Å². The number of nitrogens with one attached hydrogen (secondary N) is 2. The molecule has 0 fully saturated rings. The van der Waals surface area contributed by atoms with Gasteiger partial charge in [-0.05, 0) is 36.4 Å². The molecule has 0 spiro atoms. The number of nitrogens with two attached hydrogens (primary N) is 1. The molecule has 0 atom stereocenters. The van der Waals surface area contributed by atoms with Crippen molar-refractivity contribution in [1.29, 1.82) is 0 Å². The van der Waals surface area contributed by atoms with E-state index < -0.39 is 23.8 Å². The van der Waals surface area contributed by atoms with Crippen molar-refractivity contribution in [3.8, 4) is 0 Å². The lowest BCUT2D eigenvalue weighted by atomic mass is 10.1. The number of nitrogen functional groups attached to an aromatic ring is 1. The average molecular weight is 406 g/mol. The van der Waals surface area contributed by atoms with Crippen LogP contribution in [-0.2, 0) is 19.1 Å². The van der Waals surface area contributed by atoms with Gasteiger partial charge in [0, 0.05) is 5.69 Å². The van der Waals surface area contributed by atoms with Gasteiger partial charge >= 0.3 is 23.8 Å². The molecular formula is C18H16ClN3O6. The lowest BCUT2D eigenvalue weighted by Crippen LogP contribution is -2.30. The number of ether oxygens (including phenoxy) is 2. The highest BCUT2D eigenvalue weighted by atomic mass is 35.5. The van der Waals surface area contributed by atoms with Gasteiger partial charge in [0.05, 0.1) is 41.7 Å². The number of esters is 2. The van der Waals surface area contributed by atoms with Crippen molar-refractivity contribution in [3.63, 3.8) is 0 Å². The summed E-state index contributed by atoms with van der Waals surface area (Å²) in [4.78, 5) is 48.0. The van der Waals surface area contributed by atoms with Crippen LogP contribution in [-0.4, -0.2) is 38.0 Å². The van der Waals surface area contributed by atoms with Gasteiger partial charge in [0.2, 0.25) is 0 Å². The predicted molar refractivity (Wildman–Crippen MR) is 102 cm³/mol. The molecule has 0 aliphatic heterocycles. The maximum Gasteiger partial charge on any atom is 0.339 e. The standard InChI is InChI=1S/C18H16ClN3O6/c1-27-17(25)9-3-5-11(18(26)28-2)14(7-9)22-16(24)15(23)21-13-6-4-10(20)8-12(13)19/h3-8H,20H2,1-2H3,(H,21,23)(H,22,24). The Morgan fingerprint density at radius 3 is 2.04 bits per heavy atom. The number of halogens is 1. The van der Waals surface area contributed by atoms with Crippen LogP contribution in [0.4, 0.5) is 17.1 Å². The zero-order chi connectivity index (χ0) is 20.8. The number of anilines is 3. The van der Waals surface area contributed by atoms with Crippen molar-refractivity contribution in [2.24, 2.45) is 0 Å². The second-order valence-electron chi connectivity index (χ2n) is 5.39. The van der Waals surface area contributed by atoms with Gasteiger partial charge in [-0.3, -0.25) is 9.59 Å². The summed E-state index contributed by atoms with van der Waals surface area (Å²) in [5.41, 5.74) is 6.04. The molecule has 28 heavy (non-hydrogen) atoms. The summed E-state index contributed by atoms with van der Waals surface area (Å²) >= 11 is 5.96. The largest absolute Gasteiger partial charge is 0.465 e. The molecule has 9 nitrogen and oxygen atoms in total. The van der Waals surface area contributed by atoms with E-state index in [0.29, 0.717) is 5.69 Å². The molecule has 0 heterocycles. The molecule has 0 aromatic heterocycles. The number of methoxy groups -OCH3 is 2. The van der Waals surface area contributed by atoms with E-state index in [-0.39, 0.29) is 27.5 Å². The topological polar surface area (TPSA) is 137 Å². The number of benzene rings is 2. The average Bonchev–Trinajstić information content (AvgIpc) is 2.68. The van der Waals surface area contributed by atoms with E-state index in [2.05, 4.69) is 20.1 Å². The summed E-state index contributed by atoms with van der Waals surface area (Å²) in [5.74, 6) is -3.61. The van der Waals surface area contributed by atoms with Crippen LogP contribution in [0, 0.1) is 0 Å². The summed E-state index contributed by atoms with van der Waals surface area (Å²) in [6.45, 7) is 0. The van der Waals surface area contributed by atoms with Crippen LogP contribution in [0.15, 0.2) is 36.4 Å². The predicted octanol–water partition coefficient (Wildman–Crippen LogP) is 2.07. The second-order valence-corrected chi connectivity index (χ2v) is 5.80. The van der Waals surface area contributed by atoms with Crippen LogP contribution in [0.1, 0.15) is 20.7 Å². The smallest absolute Gasteiger partial charge is 0.339 e. The monoisotopic (exact) mass is 405 g/mol. The first kappa shape index (κ1) is 20.7. The van der Waals surface area contributed by atoms with E-state index in [1.807, 2.05) is 0 Å². The van der Waals surface area contributed by atoms with E-state index in [1.165, 1.54) is 43.5 Å². The van der Waals surface area contributed by atoms with E-state index >= 15 is 0 Å². The molecule has 4 N–H and O–H groups in total. The number of hydrogen-bond acceptors (Lipinski definition) is 7. The maximum atomic E-state index is 12.2. The quantitative estimate of drug-likeness (QED) is 0.402. The molecule has 2 aromatic carbocycles. The molecule has 0 aliphatic rings. The summed E-state index contributed by atoms with van der Waals surface area (Å²) in [5, 5.41) is 4.73. The second kappa shape index (κ2) is 8.87. The highest BCUT2D eigenvalue weighted by Crippen LogP contribution is 2.24. The van der Waals surface area contributed by atoms with Gasteiger partial charge in [-0.15, -0.1) is 0 Å². The molecule has 0 radical (unpaired) electrons. The zero-order valence-electron chi connectivity index (χ0n) is 14.9. The first-order valence-corrected chi connectivity index (χ1v) is 8.12. The molecule has 0 unspecified atom stereocenters. The minimum Gasteiger partial charge on any atom is -0.465 e. The normalized spacial score (nSPS) is 9.96. The first-order chi connectivity index (χ1) is 13.3. The van der Waals surface area contributed by atoms with Crippen LogP contribution in [0.3, 0.4) is 0 Å². The van der Waals surface area contributed by atoms with Gasteiger partial charge in [0.1, 0.15) is 0 Å². The summed E-state index contributed by atoms with van der Waals surface area (Å²) < 4.78 is 9.23. The van der Waals surface area contributed by atoms with E-state index in [9.17, 15) is 19.2 Å². The van der Waals surface area contributed by atoms with Crippen molar-refractivity contribution in [3.05, 3.63) is 52.5 Å². The number of rotatable bonds is 4. The van der Waals surface area contributed by atoms with Gasteiger partial charge in [0.15, 0.2) is 0 Å². The highest BCUT2D eigenvalue weighted by molar-refractivity contribution is 6.45. The Kier molecular flexibility index (Phi) is 6.56. The Morgan fingerprint density at radius 2 is 1.46 bits per heavy atom. The van der Waals surface area contributed by atoms with Crippen LogP contribution >= 0.6 is 11.6 Å². The van der Waals surface area contributed by atoms with E-state index in [4.69, 9.17) is 17.3 Å². The van der Waals surface area contributed by atoms with Gasteiger partial charge in [0.25, 0.3) is 0 Å². The summed E-state index contributed by atoms with van der Waals surface area (Å²) in [6, 6.07) is 8.11. The van der Waals surface area contributed by atoms with Gasteiger partial charge in [-0.25, -0.2) is 9.59 Å². The molecule has 2 rings (SSSR count). The highest BCUT2D eigenvalue weighted by Gasteiger charge is 2.21. The minimum atomic E-state index is -1.10. The molecule has 2 amide bonds. The number of carbonyl (C=O) groups is 4. The minimum absolute atomic E-state index is 0.0539. The van der Waals surface area contributed by atoms with Crippen LogP contribution < -0.4 is 16.4 Å². The Labute approximate surface area is 164 Å². The number of amides is 2. The Morgan fingerprint density at radius 1 is 0.857 bits per heavy atom. The maximum absolute atomic E-state index is 12.2. The SMILES string of the molecule is COC(=O)c1ccc(C(=O)OC)c(NC(=O)C(=O)Nc2ccc(N)cc2Cl)c1. The van der Waals surface area contributed by atoms with E-state index in [1.54, 1.807) is 0 Å². The number of carbonyl (C=O) groups excluding carboxylic acids is 4. The Bertz CT molecular complexity index is 960. The lowest BCUT2D eigenvalue weighted by molar-refractivity contribution is -0.133. The molecular weight excluding hydrogens is 390 g/mol.